The molecule has 0 unspecified atom stereocenters. The van der Waals surface area contributed by atoms with E-state index in [1.54, 1.807) is 12.3 Å². The molecule has 40 heavy (non-hydrogen) atoms. The van der Waals surface area contributed by atoms with Crippen LogP contribution in [0.1, 0.15) is 15.9 Å². The first kappa shape index (κ1) is 26.8. The summed E-state index contributed by atoms with van der Waals surface area (Å²) in [5.74, 6) is -1.11. The molecule has 0 spiro atoms. The van der Waals surface area contributed by atoms with Gasteiger partial charge in [0.1, 0.15) is 17.5 Å². The second-order valence-electron chi connectivity index (χ2n) is 9.58. The maximum atomic E-state index is 13.8. The monoisotopic (exact) mass is 545 g/mol. The number of carbonyl (C=O) groups is 2. The molecule has 9 nitrogen and oxygen atoms in total. The topological polar surface area (TPSA) is 105 Å². The van der Waals surface area contributed by atoms with Gasteiger partial charge in [0.25, 0.3) is 5.91 Å². The van der Waals surface area contributed by atoms with Gasteiger partial charge >= 0.3 is 6.03 Å². The zero-order valence-electron chi connectivity index (χ0n) is 21.9. The summed E-state index contributed by atoms with van der Waals surface area (Å²) >= 11 is 0. The Morgan fingerprint density at radius 2 is 1.70 bits per heavy atom. The number of aromatic amines is 1. The largest absolute Gasteiger partial charge is 0.368 e. The molecule has 2 heterocycles. The Hall–Kier alpha value is -4.77. The molecule has 1 fully saturated rings. The van der Waals surface area contributed by atoms with Crippen LogP contribution in [0.25, 0.3) is 11.1 Å². The molecular formula is C29H29F2N7O2. The fourth-order valence-corrected chi connectivity index (χ4v) is 4.50. The first-order valence-corrected chi connectivity index (χ1v) is 12.8. The van der Waals surface area contributed by atoms with E-state index in [4.69, 9.17) is 0 Å². The van der Waals surface area contributed by atoms with Crippen LogP contribution < -0.4 is 20.9 Å². The van der Waals surface area contributed by atoms with E-state index < -0.39 is 17.7 Å². The first-order valence-electron chi connectivity index (χ1n) is 12.8. The van der Waals surface area contributed by atoms with E-state index in [-0.39, 0.29) is 18.1 Å². The summed E-state index contributed by atoms with van der Waals surface area (Å²) in [5, 5.41) is 14.4. The van der Waals surface area contributed by atoms with Crippen LogP contribution in [0.15, 0.2) is 72.9 Å². The molecule has 3 aromatic carbocycles. The van der Waals surface area contributed by atoms with Crippen molar-refractivity contribution in [2.45, 2.75) is 6.54 Å². The third-order valence-electron chi connectivity index (χ3n) is 6.75. The van der Waals surface area contributed by atoms with Crippen molar-refractivity contribution in [3.05, 3.63) is 95.7 Å². The van der Waals surface area contributed by atoms with Crippen LogP contribution in [0.4, 0.5) is 30.8 Å². The number of nitrogens with zero attached hydrogens (tertiary/aromatic N) is 3. The van der Waals surface area contributed by atoms with E-state index >= 15 is 0 Å². The number of anilines is 3. The van der Waals surface area contributed by atoms with E-state index in [0.29, 0.717) is 11.4 Å². The summed E-state index contributed by atoms with van der Waals surface area (Å²) in [6.07, 6.45) is 1.57. The number of likely N-dealkylation sites (N-methyl/N-ethyl adjacent to an activating group) is 1. The van der Waals surface area contributed by atoms with Crippen molar-refractivity contribution >= 4 is 29.1 Å². The summed E-state index contributed by atoms with van der Waals surface area (Å²) in [7, 11) is 2.10. The maximum Gasteiger partial charge on any atom is 0.319 e. The van der Waals surface area contributed by atoms with Crippen LogP contribution in [-0.2, 0) is 6.54 Å². The summed E-state index contributed by atoms with van der Waals surface area (Å²) in [4.78, 5) is 29.8. The van der Waals surface area contributed by atoms with Crippen LogP contribution in [0.5, 0.6) is 0 Å². The lowest BCUT2D eigenvalue weighted by Crippen LogP contribution is -2.44. The Balaban J connectivity index is 1.32. The number of hydrogen-bond acceptors (Lipinski definition) is 5. The summed E-state index contributed by atoms with van der Waals surface area (Å²) in [6.45, 7) is 3.79. The predicted molar refractivity (Wildman–Crippen MR) is 150 cm³/mol. The highest BCUT2D eigenvalue weighted by Crippen LogP contribution is 2.33. The van der Waals surface area contributed by atoms with E-state index in [1.807, 2.05) is 42.5 Å². The number of aromatic nitrogens is 2. The minimum atomic E-state index is -0.725. The van der Waals surface area contributed by atoms with Crippen molar-refractivity contribution in [3.8, 4) is 11.1 Å². The Kier molecular flexibility index (Phi) is 8.02. The van der Waals surface area contributed by atoms with Gasteiger partial charge in [0.15, 0.2) is 0 Å². The van der Waals surface area contributed by atoms with Crippen LogP contribution in [0.3, 0.4) is 0 Å². The SMILES string of the molecule is CN1CCN(c2ccc(C(=O)Nc3ccn[nH]3)cc2-c2ccc(CNC(=O)Nc3cc(F)ccc3F)cc2)CC1. The fourth-order valence-electron chi connectivity index (χ4n) is 4.50. The molecule has 0 radical (unpaired) electrons. The Morgan fingerprint density at radius 1 is 0.925 bits per heavy atom. The number of rotatable bonds is 7. The van der Waals surface area contributed by atoms with Crippen molar-refractivity contribution in [2.24, 2.45) is 0 Å². The highest BCUT2D eigenvalue weighted by atomic mass is 19.1. The van der Waals surface area contributed by atoms with Gasteiger partial charge in [-0.25, -0.2) is 13.6 Å². The highest BCUT2D eigenvalue weighted by Gasteiger charge is 2.20. The Bertz CT molecular complexity index is 1490. The normalized spacial score (nSPS) is 13.6. The van der Waals surface area contributed by atoms with Gasteiger partial charge in [-0.1, -0.05) is 24.3 Å². The number of urea groups is 1. The van der Waals surface area contributed by atoms with Gasteiger partial charge in [0.2, 0.25) is 0 Å². The lowest BCUT2D eigenvalue weighted by molar-refractivity contribution is 0.102. The van der Waals surface area contributed by atoms with E-state index in [2.05, 4.69) is 43.0 Å². The number of amides is 3. The molecule has 0 aliphatic carbocycles. The summed E-state index contributed by atoms with van der Waals surface area (Å²) in [6, 6.07) is 17.2. The lowest BCUT2D eigenvalue weighted by Gasteiger charge is -2.35. The molecule has 4 aromatic rings. The molecule has 11 heteroatoms. The zero-order chi connectivity index (χ0) is 28.1. The minimum absolute atomic E-state index is 0.182. The highest BCUT2D eigenvalue weighted by molar-refractivity contribution is 6.05. The molecule has 0 atom stereocenters. The molecule has 0 bridgehead atoms. The average Bonchev–Trinajstić information content (AvgIpc) is 3.47. The number of carbonyl (C=O) groups excluding carboxylic acids is 2. The van der Waals surface area contributed by atoms with Crippen LogP contribution in [-0.4, -0.2) is 60.3 Å². The van der Waals surface area contributed by atoms with Gasteiger partial charge in [0, 0.05) is 61.7 Å². The molecule has 206 valence electrons. The minimum Gasteiger partial charge on any atom is -0.368 e. The molecule has 5 rings (SSSR count). The number of H-pyrrole nitrogens is 1. The van der Waals surface area contributed by atoms with Gasteiger partial charge in [-0.05, 0) is 48.5 Å². The maximum absolute atomic E-state index is 13.8. The molecule has 3 amide bonds. The van der Waals surface area contributed by atoms with Crippen LogP contribution in [0.2, 0.25) is 0 Å². The number of benzene rings is 3. The van der Waals surface area contributed by atoms with Crippen molar-refractivity contribution < 1.29 is 18.4 Å². The van der Waals surface area contributed by atoms with Crippen molar-refractivity contribution in [3.63, 3.8) is 0 Å². The number of nitrogens with one attached hydrogen (secondary N) is 4. The first-order chi connectivity index (χ1) is 19.4. The third-order valence-corrected chi connectivity index (χ3v) is 6.75. The molecule has 0 saturated carbocycles. The third kappa shape index (κ3) is 6.44. The quantitative estimate of drug-likeness (QED) is 0.270. The molecular weight excluding hydrogens is 516 g/mol. The van der Waals surface area contributed by atoms with Gasteiger partial charge in [-0.15, -0.1) is 0 Å². The average molecular weight is 546 g/mol. The van der Waals surface area contributed by atoms with Gasteiger partial charge in [-0.2, -0.15) is 5.10 Å². The number of hydrogen-bond donors (Lipinski definition) is 4. The summed E-state index contributed by atoms with van der Waals surface area (Å²) < 4.78 is 27.2. The van der Waals surface area contributed by atoms with E-state index in [0.717, 1.165) is 66.8 Å². The molecule has 4 N–H and O–H groups in total. The van der Waals surface area contributed by atoms with E-state index in [9.17, 15) is 18.4 Å². The molecule has 1 aliphatic heterocycles. The zero-order valence-corrected chi connectivity index (χ0v) is 21.9. The van der Waals surface area contributed by atoms with Gasteiger partial charge in [-0.3, -0.25) is 9.89 Å². The van der Waals surface area contributed by atoms with E-state index in [1.165, 1.54) is 0 Å². The standard InChI is InChI=1S/C29H29F2N7O2/c1-37-12-14-38(15-13-37)26-9-6-21(28(39)35-27-10-11-33-36-27)16-23(26)20-4-2-19(3-5-20)18-32-29(40)34-25-17-22(30)7-8-24(25)31/h2-11,16-17H,12-15,18H2,1H3,(H2,32,34,40)(H2,33,35,36,39). The van der Waals surface area contributed by atoms with Crippen LogP contribution >= 0.6 is 0 Å². The van der Waals surface area contributed by atoms with Crippen LogP contribution in [0, 0.1) is 11.6 Å². The smallest absolute Gasteiger partial charge is 0.319 e. The second-order valence-corrected chi connectivity index (χ2v) is 9.58. The predicted octanol–water partition coefficient (Wildman–Crippen LogP) is 4.68. The van der Waals surface area contributed by atoms with Crippen molar-refractivity contribution in [1.82, 2.24) is 20.4 Å². The second kappa shape index (κ2) is 12.0. The Labute approximate surface area is 230 Å². The van der Waals surface area contributed by atoms with Gasteiger partial charge in [0.05, 0.1) is 11.9 Å². The molecule has 1 aliphatic rings. The van der Waals surface area contributed by atoms with Crippen molar-refractivity contribution in [2.75, 3.05) is 48.8 Å². The molecule has 1 aromatic heterocycles. The summed E-state index contributed by atoms with van der Waals surface area (Å²) in [5.41, 5.74) is 3.96. The molecule has 1 saturated heterocycles. The Morgan fingerprint density at radius 3 is 2.42 bits per heavy atom. The van der Waals surface area contributed by atoms with Crippen molar-refractivity contribution in [1.29, 1.82) is 0 Å². The number of piperazine rings is 1. The van der Waals surface area contributed by atoms with Gasteiger partial charge < -0.3 is 25.8 Å². The number of halogens is 2. The lowest BCUT2D eigenvalue weighted by atomic mass is 9.98. The fraction of sp³-hybridized carbons (Fsp3) is 0.207.